The van der Waals surface area contributed by atoms with E-state index in [1.54, 1.807) is 43.0 Å². The van der Waals surface area contributed by atoms with Crippen LogP contribution in [-0.2, 0) is 4.79 Å². The Kier molecular flexibility index (Phi) is 5.48. The second kappa shape index (κ2) is 6.88. The van der Waals surface area contributed by atoms with E-state index in [-0.39, 0.29) is 12.5 Å². The molecule has 1 aromatic rings. The third kappa shape index (κ3) is 5.25. The monoisotopic (exact) mass is 272 g/mol. The lowest BCUT2D eigenvalue weighted by Gasteiger charge is -2.27. The number of likely N-dealkylation sites (N-methyl/N-ethyl adjacent to an activating group) is 1. The van der Waals surface area contributed by atoms with Crippen LogP contribution in [0.15, 0.2) is 30.3 Å². The number of carbonyl (C=O) groups excluding carboxylic acids is 1. The molecule has 0 saturated heterocycles. The fourth-order valence-electron chi connectivity index (χ4n) is 1.80. The van der Waals surface area contributed by atoms with Crippen molar-refractivity contribution in [1.82, 2.24) is 4.90 Å². The standard InChI is InChI=1S/C16H20N2O2/c1-4-18(12-16(2,3)20)15(19)9-8-13-6-5-7-14(10-13)11-17/h5-10,20H,4,12H2,1-3H3. The number of carbonyl (C=O) groups is 1. The summed E-state index contributed by atoms with van der Waals surface area (Å²) in [6.45, 7) is 6.02. The molecular formula is C16H20N2O2. The molecule has 1 amide bonds. The van der Waals surface area contributed by atoms with Gasteiger partial charge in [0.15, 0.2) is 0 Å². The first-order valence-corrected chi connectivity index (χ1v) is 6.55. The fraction of sp³-hybridized carbons (Fsp3) is 0.375. The van der Waals surface area contributed by atoms with Gasteiger partial charge in [-0.25, -0.2) is 0 Å². The molecule has 0 radical (unpaired) electrons. The van der Waals surface area contributed by atoms with Crippen molar-refractivity contribution in [3.8, 4) is 6.07 Å². The largest absolute Gasteiger partial charge is 0.389 e. The molecule has 0 heterocycles. The third-order valence-corrected chi connectivity index (χ3v) is 2.71. The number of nitriles is 1. The van der Waals surface area contributed by atoms with E-state index in [0.717, 1.165) is 5.56 Å². The summed E-state index contributed by atoms with van der Waals surface area (Å²) in [5.74, 6) is -0.156. The average molecular weight is 272 g/mol. The summed E-state index contributed by atoms with van der Waals surface area (Å²) in [6.07, 6.45) is 3.14. The topological polar surface area (TPSA) is 64.3 Å². The molecule has 0 spiro atoms. The summed E-state index contributed by atoms with van der Waals surface area (Å²) in [7, 11) is 0. The first kappa shape index (κ1) is 15.9. The summed E-state index contributed by atoms with van der Waals surface area (Å²) in [6, 6.07) is 9.10. The second-order valence-electron chi connectivity index (χ2n) is 5.24. The van der Waals surface area contributed by atoms with Crippen molar-refractivity contribution in [3.05, 3.63) is 41.5 Å². The Balaban J connectivity index is 2.77. The normalized spacial score (nSPS) is 11.3. The molecular weight excluding hydrogens is 252 g/mol. The first-order valence-electron chi connectivity index (χ1n) is 6.55. The predicted molar refractivity (Wildman–Crippen MR) is 78.7 cm³/mol. The highest BCUT2D eigenvalue weighted by Crippen LogP contribution is 2.08. The maximum Gasteiger partial charge on any atom is 0.246 e. The first-order chi connectivity index (χ1) is 9.35. The highest BCUT2D eigenvalue weighted by atomic mass is 16.3. The van der Waals surface area contributed by atoms with Crippen LogP contribution in [0, 0.1) is 11.3 Å². The van der Waals surface area contributed by atoms with Crippen molar-refractivity contribution in [2.45, 2.75) is 26.4 Å². The van der Waals surface area contributed by atoms with E-state index < -0.39 is 5.60 Å². The highest BCUT2D eigenvalue weighted by molar-refractivity contribution is 5.91. The Hall–Kier alpha value is -2.12. The summed E-state index contributed by atoms with van der Waals surface area (Å²) in [5, 5.41) is 18.6. The predicted octanol–water partition coefficient (Wildman–Crippen LogP) is 2.19. The van der Waals surface area contributed by atoms with Gasteiger partial charge in [-0.1, -0.05) is 12.1 Å². The molecule has 20 heavy (non-hydrogen) atoms. The van der Waals surface area contributed by atoms with Gasteiger partial charge in [0.2, 0.25) is 5.91 Å². The van der Waals surface area contributed by atoms with Crippen LogP contribution < -0.4 is 0 Å². The molecule has 0 aliphatic rings. The number of benzene rings is 1. The zero-order valence-corrected chi connectivity index (χ0v) is 12.1. The Morgan fingerprint density at radius 3 is 2.75 bits per heavy atom. The van der Waals surface area contributed by atoms with Crippen LogP contribution in [0.2, 0.25) is 0 Å². The van der Waals surface area contributed by atoms with Crippen LogP contribution in [0.25, 0.3) is 6.08 Å². The molecule has 1 aromatic carbocycles. The summed E-state index contributed by atoms with van der Waals surface area (Å²) in [5.41, 5.74) is 0.445. The Labute approximate surface area is 119 Å². The van der Waals surface area contributed by atoms with Crippen LogP contribution in [0.4, 0.5) is 0 Å². The van der Waals surface area contributed by atoms with Crippen molar-refractivity contribution >= 4 is 12.0 Å². The number of rotatable bonds is 5. The summed E-state index contributed by atoms with van der Waals surface area (Å²) in [4.78, 5) is 13.6. The number of hydrogen-bond acceptors (Lipinski definition) is 3. The van der Waals surface area contributed by atoms with Gasteiger partial charge in [-0.15, -0.1) is 0 Å². The van der Waals surface area contributed by atoms with Crippen LogP contribution in [0.5, 0.6) is 0 Å². The number of nitrogens with zero attached hydrogens (tertiary/aromatic N) is 2. The SMILES string of the molecule is CCN(CC(C)(C)O)C(=O)C=Cc1cccc(C#N)c1. The van der Waals surface area contributed by atoms with Gasteiger partial charge in [-0.05, 0) is 44.5 Å². The lowest BCUT2D eigenvalue weighted by molar-refractivity contribution is -0.128. The smallest absolute Gasteiger partial charge is 0.246 e. The van der Waals surface area contributed by atoms with Gasteiger partial charge in [0.1, 0.15) is 0 Å². The molecule has 0 saturated carbocycles. The van der Waals surface area contributed by atoms with Crippen LogP contribution in [0.1, 0.15) is 31.9 Å². The molecule has 0 bridgehead atoms. The van der Waals surface area contributed by atoms with Gasteiger partial charge >= 0.3 is 0 Å². The number of hydrogen-bond donors (Lipinski definition) is 1. The van der Waals surface area contributed by atoms with Gasteiger partial charge < -0.3 is 10.0 Å². The van der Waals surface area contributed by atoms with E-state index in [9.17, 15) is 9.90 Å². The second-order valence-corrected chi connectivity index (χ2v) is 5.24. The van der Waals surface area contributed by atoms with Crippen LogP contribution >= 0.6 is 0 Å². The summed E-state index contributed by atoms with van der Waals surface area (Å²) >= 11 is 0. The lowest BCUT2D eigenvalue weighted by Crippen LogP contribution is -2.41. The van der Waals surface area contributed by atoms with E-state index in [0.29, 0.717) is 12.1 Å². The van der Waals surface area contributed by atoms with E-state index in [1.807, 2.05) is 13.0 Å². The molecule has 0 aliphatic heterocycles. The molecule has 0 atom stereocenters. The van der Waals surface area contributed by atoms with Crippen molar-refractivity contribution < 1.29 is 9.90 Å². The van der Waals surface area contributed by atoms with Gasteiger partial charge in [0.05, 0.1) is 17.2 Å². The Morgan fingerprint density at radius 1 is 1.50 bits per heavy atom. The van der Waals surface area contributed by atoms with Crippen molar-refractivity contribution in [2.75, 3.05) is 13.1 Å². The maximum atomic E-state index is 12.0. The molecule has 4 nitrogen and oxygen atoms in total. The van der Waals surface area contributed by atoms with Gasteiger partial charge in [-0.2, -0.15) is 5.26 Å². The third-order valence-electron chi connectivity index (χ3n) is 2.71. The Morgan fingerprint density at radius 2 is 2.20 bits per heavy atom. The van der Waals surface area contributed by atoms with Crippen molar-refractivity contribution in [1.29, 1.82) is 5.26 Å². The Bertz CT molecular complexity index is 536. The maximum absolute atomic E-state index is 12.0. The molecule has 0 aromatic heterocycles. The van der Waals surface area contributed by atoms with E-state index in [4.69, 9.17) is 5.26 Å². The van der Waals surface area contributed by atoms with E-state index in [1.165, 1.54) is 6.08 Å². The van der Waals surface area contributed by atoms with Gasteiger partial charge in [0.25, 0.3) is 0 Å². The van der Waals surface area contributed by atoms with Gasteiger partial charge in [0, 0.05) is 19.2 Å². The van der Waals surface area contributed by atoms with Crippen LogP contribution in [-0.4, -0.2) is 34.6 Å². The van der Waals surface area contributed by atoms with Gasteiger partial charge in [-0.3, -0.25) is 4.79 Å². The molecule has 1 N–H and O–H groups in total. The van der Waals surface area contributed by atoms with E-state index in [2.05, 4.69) is 6.07 Å². The summed E-state index contributed by atoms with van der Waals surface area (Å²) < 4.78 is 0. The lowest BCUT2D eigenvalue weighted by atomic mass is 10.1. The number of amides is 1. The average Bonchev–Trinajstić information content (AvgIpc) is 2.41. The highest BCUT2D eigenvalue weighted by Gasteiger charge is 2.19. The molecule has 0 aliphatic carbocycles. The van der Waals surface area contributed by atoms with E-state index >= 15 is 0 Å². The van der Waals surface area contributed by atoms with Crippen LogP contribution in [0.3, 0.4) is 0 Å². The molecule has 106 valence electrons. The zero-order chi connectivity index (χ0) is 15.2. The quantitative estimate of drug-likeness (QED) is 0.836. The molecule has 0 unspecified atom stereocenters. The molecule has 0 fully saturated rings. The molecule has 4 heteroatoms. The zero-order valence-electron chi connectivity index (χ0n) is 12.1. The number of aliphatic hydroxyl groups is 1. The fourth-order valence-corrected chi connectivity index (χ4v) is 1.80. The van der Waals surface area contributed by atoms with Crippen molar-refractivity contribution in [2.24, 2.45) is 0 Å². The minimum absolute atomic E-state index is 0.156. The van der Waals surface area contributed by atoms with Crippen molar-refractivity contribution in [3.63, 3.8) is 0 Å². The molecule has 1 rings (SSSR count). The minimum atomic E-state index is -0.916. The minimum Gasteiger partial charge on any atom is -0.389 e.